The van der Waals surface area contributed by atoms with Gasteiger partial charge in [0.15, 0.2) is 0 Å². The van der Waals surface area contributed by atoms with Crippen LogP contribution in [0.25, 0.3) is 10.9 Å². The summed E-state index contributed by atoms with van der Waals surface area (Å²) in [5, 5.41) is 21.1. The number of halogens is 2. The third kappa shape index (κ3) is 9.22. The minimum Gasteiger partial charge on any atom is -0.388 e. The standard InChI is InChI=1S/C34H41Cl2N5OS/c1-41(2)33-30-5-3-4-6-31(30)39-34(40-33)38-28-17-9-23(10-18-28)20-37-21-29(43-22-24-7-13-26(35)14-8-24)19-32(42)25-11-15-27(36)16-12-25/h3-8,11-16,23,28-29,32,37,42H,9-10,17-22H2,1-2H3,(H,38,39,40)/t23-,28+,29?,32?. The smallest absolute Gasteiger partial charge is 0.225 e. The molecule has 0 radical (unpaired) electrons. The van der Waals surface area contributed by atoms with Gasteiger partial charge in [0.25, 0.3) is 0 Å². The van der Waals surface area contributed by atoms with Crippen molar-refractivity contribution in [3.63, 3.8) is 0 Å². The van der Waals surface area contributed by atoms with Crippen LogP contribution in [0, 0.1) is 5.92 Å². The normalized spacial score (nSPS) is 18.3. The van der Waals surface area contributed by atoms with Gasteiger partial charge in [0, 0.05) is 53.1 Å². The predicted octanol–water partition coefficient (Wildman–Crippen LogP) is 7.99. The zero-order valence-electron chi connectivity index (χ0n) is 24.8. The Bertz CT molecular complexity index is 1450. The number of benzene rings is 3. The second-order valence-corrected chi connectivity index (χ2v) is 13.8. The van der Waals surface area contributed by atoms with Crippen molar-refractivity contribution in [2.45, 2.75) is 55.3 Å². The Kier molecular flexibility index (Phi) is 11.4. The second-order valence-electron chi connectivity index (χ2n) is 11.7. The molecule has 1 aromatic heterocycles. The van der Waals surface area contributed by atoms with E-state index in [4.69, 9.17) is 33.2 Å². The van der Waals surface area contributed by atoms with Gasteiger partial charge in [-0.05, 0) is 92.1 Å². The quantitative estimate of drug-likeness (QED) is 0.137. The molecule has 1 aliphatic carbocycles. The maximum absolute atomic E-state index is 11.0. The number of thioether (sulfide) groups is 1. The van der Waals surface area contributed by atoms with Gasteiger partial charge in [-0.3, -0.25) is 0 Å². The molecule has 9 heteroatoms. The Balaban J connectivity index is 1.12. The summed E-state index contributed by atoms with van der Waals surface area (Å²) in [5.41, 5.74) is 3.10. The largest absolute Gasteiger partial charge is 0.388 e. The minimum absolute atomic E-state index is 0.260. The molecule has 5 rings (SSSR count). The van der Waals surface area contributed by atoms with Gasteiger partial charge in [-0.25, -0.2) is 4.98 Å². The molecule has 1 heterocycles. The maximum atomic E-state index is 11.0. The summed E-state index contributed by atoms with van der Waals surface area (Å²) in [4.78, 5) is 11.7. The molecule has 0 amide bonds. The van der Waals surface area contributed by atoms with Crippen LogP contribution in [-0.2, 0) is 5.75 Å². The van der Waals surface area contributed by atoms with Crippen LogP contribution in [0.5, 0.6) is 0 Å². The molecule has 0 spiro atoms. The number of aliphatic hydroxyl groups is 1. The van der Waals surface area contributed by atoms with Gasteiger partial charge in [0.05, 0.1) is 11.6 Å². The summed E-state index contributed by atoms with van der Waals surface area (Å²) in [7, 11) is 4.05. The average molecular weight is 639 g/mol. The Morgan fingerprint density at radius 1 is 0.907 bits per heavy atom. The molecule has 6 nitrogen and oxygen atoms in total. The number of fused-ring (bicyclic) bond motifs is 1. The zero-order valence-corrected chi connectivity index (χ0v) is 27.2. The first kappa shape index (κ1) is 31.9. The monoisotopic (exact) mass is 637 g/mol. The van der Waals surface area contributed by atoms with Crippen molar-refractivity contribution in [3.8, 4) is 0 Å². The number of aromatic nitrogens is 2. The molecule has 2 atom stereocenters. The van der Waals surface area contributed by atoms with Crippen molar-refractivity contribution in [2.24, 2.45) is 5.92 Å². The van der Waals surface area contributed by atoms with E-state index in [1.54, 1.807) is 0 Å². The SMILES string of the molecule is CN(C)c1nc(N[C@H]2CC[C@@H](CNCC(CC(O)c3ccc(Cl)cc3)SCc3ccc(Cl)cc3)CC2)nc2ccccc12. The Labute approximate surface area is 269 Å². The number of nitrogens with zero attached hydrogens (tertiary/aromatic N) is 3. The number of nitrogens with one attached hydrogen (secondary N) is 2. The van der Waals surface area contributed by atoms with E-state index in [1.165, 1.54) is 5.56 Å². The van der Waals surface area contributed by atoms with Gasteiger partial charge in [0.2, 0.25) is 5.95 Å². The number of hydrogen-bond donors (Lipinski definition) is 3. The predicted molar refractivity (Wildman–Crippen MR) is 184 cm³/mol. The van der Waals surface area contributed by atoms with Gasteiger partial charge >= 0.3 is 0 Å². The highest BCUT2D eigenvalue weighted by Gasteiger charge is 2.23. The molecule has 3 N–H and O–H groups in total. The van der Waals surface area contributed by atoms with Crippen molar-refractivity contribution >= 4 is 57.6 Å². The molecule has 3 aromatic carbocycles. The van der Waals surface area contributed by atoms with Gasteiger partial charge < -0.3 is 20.6 Å². The van der Waals surface area contributed by atoms with E-state index in [-0.39, 0.29) is 5.25 Å². The fraction of sp³-hybridized carbons (Fsp3) is 0.412. The molecular formula is C34H41Cl2N5OS. The highest BCUT2D eigenvalue weighted by atomic mass is 35.5. The second kappa shape index (κ2) is 15.4. The molecule has 0 bridgehead atoms. The zero-order chi connectivity index (χ0) is 30.2. The first-order chi connectivity index (χ1) is 20.8. The van der Waals surface area contributed by atoms with Crippen LogP contribution in [0.1, 0.15) is 49.3 Å². The topological polar surface area (TPSA) is 73.3 Å². The summed E-state index contributed by atoms with van der Waals surface area (Å²) in [6.45, 7) is 1.83. The van der Waals surface area contributed by atoms with Crippen molar-refractivity contribution in [2.75, 3.05) is 37.4 Å². The van der Waals surface area contributed by atoms with Crippen molar-refractivity contribution in [3.05, 3.63) is 94.0 Å². The first-order valence-electron chi connectivity index (χ1n) is 15.0. The van der Waals surface area contributed by atoms with E-state index in [2.05, 4.69) is 28.8 Å². The lowest BCUT2D eigenvalue weighted by Crippen LogP contribution is -2.34. The summed E-state index contributed by atoms with van der Waals surface area (Å²) in [6, 6.07) is 24.1. The Morgan fingerprint density at radius 3 is 2.28 bits per heavy atom. The molecule has 1 aliphatic rings. The molecule has 0 aliphatic heterocycles. The van der Waals surface area contributed by atoms with Gasteiger partial charge in [-0.2, -0.15) is 16.7 Å². The van der Waals surface area contributed by atoms with Gasteiger partial charge in [0.1, 0.15) is 5.82 Å². The van der Waals surface area contributed by atoms with E-state index >= 15 is 0 Å². The molecule has 4 aromatic rings. The molecular weight excluding hydrogens is 597 g/mol. The molecule has 228 valence electrons. The van der Waals surface area contributed by atoms with Crippen LogP contribution in [0.2, 0.25) is 10.0 Å². The molecule has 0 saturated heterocycles. The highest BCUT2D eigenvalue weighted by molar-refractivity contribution is 7.99. The summed E-state index contributed by atoms with van der Waals surface area (Å²) in [6.07, 6.45) is 4.66. The fourth-order valence-corrected chi connectivity index (χ4v) is 7.11. The van der Waals surface area contributed by atoms with Crippen LogP contribution in [-0.4, -0.2) is 53.6 Å². The van der Waals surface area contributed by atoms with E-state index in [0.717, 1.165) is 71.8 Å². The van der Waals surface area contributed by atoms with Gasteiger partial charge in [-0.1, -0.05) is 59.6 Å². The van der Waals surface area contributed by atoms with E-state index in [1.807, 2.05) is 85.4 Å². The van der Waals surface area contributed by atoms with Gasteiger partial charge in [-0.15, -0.1) is 0 Å². The lowest BCUT2D eigenvalue weighted by atomic mass is 9.86. The van der Waals surface area contributed by atoms with Crippen LogP contribution < -0.4 is 15.5 Å². The summed E-state index contributed by atoms with van der Waals surface area (Å²) in [5.74, 6) is 3.16. The van der Waals surface area contributed by atoms with Crippen LogP contribution in [0.3, 0.4) is 0 Å². The number of para-hydroxylation sites is 1. The first-order valence-corrected chi connectivity index (χ1v) is 16.9. The average Bonchev–Trinajstić information content (AvgIpc) is 3.01. The van der Waals surface area contributed by atoms with Crippen molar-refractivity contribution < 1.29 is 5.11 Å². The summed E-state index contributed by atoms with van der Waals surface area (Å²) >= 11 is 14.0. The number of anilines is 2. The number of aliphatic hydroxyl groups excluding tert-OH is 1. The Morgan fingerprint density at radius 2 is 1.58 bits per heavy atom. The fourth-order valence-electron chi connectivity index (χ4n) is 5.68. The highest BCUT2D eigenvalue weighted by Crippen LogP contribution is 2.30. The molecule has 43 heavy (non-hydrogen) atoms. The van der Waals surface area contributed by atoms with E-state index in [0.29, 0.717) is 29.4 Å². The van der Waals surface area contributed by atoms with Crippen LogP contribution in [0.4, 0.5) is 11.8 Å². The third-order valence-corrected chi connectivity index (χ3v) is 9.97. The number of hydrogen-bond acceptors (Lipinski definition) is 7. The lowest BCUT2D eigenvalue weighted by molar-refractivity contribution is 0.166. The number of rotatable bonds is 13. The maximum Gasteiger partial charge on any atom is 0.225 e. The van der Waals surface area contributed by atoms with Crippen LogP contribution in [0.15, 0.2) is 72.8 Å². The van der Waals surface area contributed by atoms with E-state index in [9.17, 15) is 5.11 Å². The van der Waals surface area contributed by atoms with Crippen LogP contribution >= 0.6 is 35.0 Å². The third-order valence-electron chi connectivity index (χ3n) is 8.13. The van der Waals surface area contributed by atoms with Crippen molar-refractivity contribution in [1.29, 1.82) is 0 Å². The lowest BCUT2D eigenvalue weighted by Gasteiger charge is -2.30. The van der Waals surface area contributed by atoms with E-state index < -0.39 is 6.10 Å². The molecule has 1 saturated carbocycles. The molecule has 1 fully saturated rings. The van der Waals surface area contributed by atoms with Crippen molar-refractivity contribution in [1.82, 2.24) is 15.3 Å². The Hall–Kier alpha value is -2.55. The molecule has 2 unspecified atom stereocenters. The summed E-state index contributed by atoms with van der Waals surface area (Å²) < 4.78 is 0. The minimum atomic E-state index is -0.534.